The van der Waals surface area contributed by atoms with E-state index in [2.05, 4.69) is 4.74 Å². The fourth-order valence-electron chi connectivity index (χ4n) is 0.489. The SMILES string of the molecule is C1=COCCC1.COC(C)=O. The molecule has 0 aromatic heterocycles. The second-order valence-corrected chi connectivity index (χ2v) is 2.08. The van der Waals surface area contributed by atoms with Crippen LogP contribution in [0, 0.1) is 0 Å². The summed E-state index contributed by atoms with van der Waals surface area (Å²) in [6.45, 7) is 2.27. The van der Waals surface area contributed by atoms with Crippen LogP contribution in [-0.2, 0) is 14.3 Å². The maximum atomic E-state index is 9.59. The van der Waals surface area contributed by atoms with Crippen molar-refractivity contribution >= 4 is 5.97 Å². The van der Waals surface area contributed by atoms with Gasteiger partial charge >= 0.3 is 5.97 Å². The summed E-state index contributed by atoms with van der Waals surface area (Å²) in [4.78, 5) is 9.59. The molecule has 3 nitrogen and oxygen atoms in total. The molecule has 0 atom stereocenters. The third-order valence-electron chi connectivity index (χ3n) is 1.11. The summed E-state index contributed by atoms with van der Waals surface area (Å²) >= 11 is 0. The minimum atomic E-state index is -0.245. The Kier molecular flexibility index (Phi) is 6.48. The quantitative estimate of drug-likeness (QED) is 0.501. The molecule has 0 amide bonds. The number of hydrogen-bond donors (Lipinski definition) is 0. The smallest absolute Gasteiger partial charge is 0.302 e. The molecular weight excluding hydrogens is 144 g/mol. The standard InChI is InChI=1S/C5H8O.C3H6O2/c1-2-4-6-5-3-1;1-3(4)5-2/h2,4H,1,3,5H2;1-2H3. The van der Waals surface area contributed by atoms with Crippen molar-refractivity contribution in [3.63, 3.8) is 0 Å². The van der Waals surface area contributed by atoms with Crippen LogP contribution in [0.25, 0.3) is 0 Å². The van der Waals surface area contributed by atoms with E-state index < -0.39 is 0 Å². The Morgan fingerprint density at radius 3 is 2.36 bits per heavy atom. The van der Waals surface area contributed by atoms with Gasteiger partial charge in [0, 0.05) is 6.92 Å². The van der Waals surface area contributed by atoms with E-state index in [-0.39, 0.29) is 5.97 Å². The molecule has 0 aromatic carbocycles. The van der Waals surface area contributed by atoms with E-state index >= 15 is 0 Å². The molecule has 64 valence electrons. The Labute approximate surface area is 67.0 Å². The van der Waals surface area contributed by atoms with E-state index in [0.717, 1.165) is 6.61 Å². The average molecular weight is 158 g/mol. The molecule has 11 heavy (non-hydrogen) atoms. The van der Waals surface area contributed by atoms with E-state index in [4.69, 9.17) is 4.74 Å². The number of esters is 1. The van der Waals surface area contributed by atoms with Gasteiger partial charge in [-0.2, -0.15) is 0 Å². The average Bonchev–Trinajstić information content (AvgIpc) is 2.09. The second kappa shape index (κ2) is 7.12. The number of allylic oxidation sites excluding steroid dienone is 1. The lowest BCUT2D eigenvalue weighted by atomic mass is 10.3. The van der Waals surface area contributed by atoms with E-state index in [1.165, 1.54) is 26.9 Å². The van der Waals surface area contributed by atoms with Crippen molar-refractivity contribution in [3.05, 3.63) is 12.3 Å². The lowest BCUT2D eigenvalue weighted by Gasteiger charge is -2.01. The number of carbonyl (C=O) groups excluding carboxylic acids is 1. The molecule has 0 fully saturated rings. The molecule has 1 aliphatic heterocycles. The Hall–Kier alpha value is -0.990. The molecule has 0 N–H and O–H groups in total. The van der Waals surface area contributed by atoms with Gasteiger partial charge in [0.15, 0.2) is 0 Å². The van der Waals surface area contributed by atoms with Gasteiger partial charge < -0.3 is 9.47 Å². The van der Waals surface area contributed by atoms with Gasteiger partial charge in [0.05, 0.1) is 20.0 Å². The Morgan fingerprint density at radius 1 is 1.64 bits per heavy atom. The molecule has 1 rings (SSSR count). The van der Waals surface area contributed by atoms with Crippen LogP contribution in [-0.4, -0.2) is 19.7 Å². The molecule has 0 saturated carbocycles. The predicted molar refractivity (Wildman–Crippen MR) is 42.0 cm³/mol. The Morgan fingerprint density at radius 2 is 2.27 bits per heavy atom. The second-order valence-electron chi connectivity index (χ2n) is 2.08. The maximum Gasteiger partial charge on any atom is 0.302 e. The number of methoxy groups -OCH3 is 1. The van der Waals surface area contributed by atoms with Gasteiger partial charge in [-0.05, 0) is 18.9 Å². The van der Waals surface area contributed by atoms with Crippen LogP contribution in [0.4, 0.5) is 0 Å². The van der Waals surface area contributed by atoms with Gasteiger partial charge in [0.2, 0.25) is 0 Å². The van der Waals surface area contributed by atoms with Gasteiger partial charge in [0.25, 0.3) is 0 Å². The largest absolute Gasteiger partial charge is 0.502 e. The molecule has 3 heteroatoms. The van der Waals surface area contributed by atoms with Crippen LogP contribution in [0.3, 0.4) is 0 Å². The zero-order chi connectivity index (χ0) is 8.53. The monoisotopic (exact) mass is 158 g/mol. The van der Waals surface area contributed by atoms with Gasteiger partial charge in [-0.1, -0.05) is 0 Å². The first-order valence-corrected chi connectivity index (χ1v) is 3.58. The van der Waals surface area contributed by atoms with Crippen LogP contribution in [0.1, 0.15) is 19.8 Å². The van der Waals surface area contributed by atoms with Crippen LogP contribution in [0.5, 0.6) is 0 Å². The molecule has 0 radical (unpaired) electrons. The van der Waals surface area contributed by atoms with E-state index in [1.807, 2.05) is 6.08 Å². The zero-order valence-corrected chi connectivity index (χ0v) is 7.00. The molecule has 0 unspecified atom stereocenters. The molecular formula is C8H14O3. The van der Waals surface area contributed by atoms with E-state index in [1.54, 1.807) is 6.26 Å². The van der Waals surface area contributed by atoms with Crippen molar-refractivity contribution < 1.29 is 14.3 Å². The topological polar surface area (TPSA) is 35.5 Å². The molecule has 1 heterocycles. The van der Waals surface area contributed by atoms with Gasteiger partial charge in [0.1, 0.15) is 0 Å². The third-order valence-corrected chi connectivity index (χ3v) is 1.11. The fourth-order valence-corrected chi connectivity index (χ4v) is 0.489. The summed E-state index contributed by atoms with van der Waals surface area (Å²) in [5.41, 5.74) is 0. The third kappa shape index (κ3) is 9.01. The highest BCUT2D eigenvalue weighted by Crippen LogP contribution is 1.97. The molecule has 0 spiro atoms. The fraction of sp³-hybridized carbons (Fsp3) is 0.625. The number of hydrogen-bond acceptors (Lipinski definition) is 3. The van der Waals surface area contributed by atoms with Crippen LogP contribution in [0.15, 0.2) is 12.3 Å². The van der Waals surface area contributed by atoms with E-state index in [9.17, 15) is 4.79 Å². The summed E-state index contributed by atoms with van der Waals surface area (Å²) in [5, 5.41) is 0. The van der Waals surface area contributed by atoms with Gasteiger partial charge in [-0.3, -0.25) is 4.79 Å². The minimum Gasteiger partial charge on any atom is -0.502 e. The summed E-state index contributed by atoms with van der Waals surface area (Å²) in [6, 6.07) is 0. The summed E-state index contributed by atoms with van der Waals surface area (Å²) in [5.74, 6) is -0.245. The molecule has 0 aromatic rings. The van der Waals surface area contributed by atoms with Crippen molar-refractivity contribution in [2.75, 3.05) is 13.7 Å². The van der Waals surface area contributed by atoms with Crippen LogP contribution < -0.4 is 0 Å². The summed E-state index contributed by atoms with van der Waals surface area (Å²) in [6.07, 6.45) is 6.20. The highest BCUT2D eigenvalue weighted by molar-refractivity contribution is 5.65. The first-order valence-electron chi connectivity index (χ1n) is 3.58. The van der Waals surface area contributed by atoms with Crippen LogP contribution >= 0.6 is 0 Å². The molecule has 0 aliphatic carbocycles. The summed E-state index contributed by atoms with van der Waals surface area (Å²) < 4.78 is 9.00. The van der Waals surface area contributed by atoms with Crippen molar-refractivity contribution in [2.24, 2.45) is 0 Å². The molecule has 1 aliphatic rings. The lowest BCUT2D eigenvalue weighted by Crippen LogP contribution is -1.90. The maximum absolute atomic E-state index is 9.59. The zero-order valence-electron chi connectivity index (χ0n) is 7.00. The normalized spacial score (nSPS) is 14.0. The van der Waals surface area contributed by atoms with Crippen LogP contribution in [0.2, 0.25) is 0 Å². The molecule has 0 saturated heterocycles. The molecule has 0 bridgehead atoms. The Bertz CT molecular complexity index is 121. The first-order chi connectivity index (χ1) is 5.27. The van der Waals surface area contributed by atoms with Crippen molar-refractivity contribution in [1.82, 2.24) is 0 Å². The predicted octanol–water partition coefficient (Wildman–Crippen LogP) is 1.49. The van der Waals surface area contributed by atoms with Gasteiger partial charge in [-0.15, -0.1) is 0 Å². The van der Waals surface area contributed by atoms with Crippen molar-refractivity contribution in [3.8, 4) is 0 Å². The number of ether oxygens (including phenoxy) is 2. The number of rotatable bonds is 0. The first kappa shape index (κ1) is 10.0. The van der Waals surface area contributed by atoms with Gasteiger partial charge in [-0.25, -0.2) is 0 Å². The van der Waals surface area contributed by atoms with Crippen molar-refractivity contribution in [1.29, 1.82) is 0 Å². The lowest BCUT2D eigenvalue weighted by molar-refractivity contribution is -0.137. The highest BCUT2D eigenvalue weighted by Gasteiger charge is 1.86. The van der Waals surface area contributed by atoms with E-state index in [0.29, 0.717) is 0 Å². The number of carbonyl (C=O) groups is 1. The highest BCUT2D eigenvalue weighted by atomic mass is 16.5. The summed E-state index contributed by atoms with van der Waals surface area (Å²) in [7, 11) is 1.35. The van der Waals surface area contributed by atoms with Crippen molar-refractivity contribution in [2.45, 2.75) is 19.8 Å². The minimum absolute atomic E-state index is 0.245. The Balaban J connectivity index is 0.000000187.